The number of aldehydes is 1. The summed E-state index contributed by atoms with van der Waals surface area (Å²) < 4.78 is 10.6. The third-order valence-corrected chi connectivity index (χ3v) is 11.1. The monoisotopic (exact) mass is 780 g/mol. The van der Waals surface area contributed by atoms with Crippen LogP contribution in [-0.2, 0) is 22.7 Å². The van der Waals surface area contributed by atoms with Gasteiger partial charge in [-0.15, -0.1) is 22.7 Å². The molecule has 53 heavy (non-hydrogen) atoms. The topological polar surface area (TPSA) is 144 Å². The van der Waals surface area contributed by atoms with Crippen LogP contribution < -0.4 is 20.1 Å². The van der Waals surface area contributed by atoms with Crippen molar-refractivity contribution < 1.29 is 23.9 Å². The van der Waals surface area contributed by atoms with Gasteiger partial charge in [-0.3, -0.25) is 34.3 Å². The van der Waals surface area contributed by atoms with Gasteiger partial charge < -0.3 is 20.1 Å². The van der Waals surface area contributed by atoms with Crippen molar-refractivity contribution >= 4 is 103 Å². The van der Waals surface area contributed by atoms with Crippen molar-refractivity contribution in [3.05, 3.63) is 122 Å². The summed E-state index contributed by atoms with van der Waals surface area (Å²) in [6.45, 7) is 1.24. The second kappa shape index (κ2) is 18.4. The number of carbonyl (C=O) groups is 3. The molecule has 2 amide bonds. The van der Waals surface area contributed by atoms with E-state index in [9.17, 15) is 14.4 Å². The molecule has 15 heteroatoms. The van der Waals surface area contributed by atoms with Gasteiger partial charge in [-0.05, 0) is 88.8 Å². The van der Waals surface area contributed by atoms with E-state index in [2.05, 4.69) is 30.6 Å². The van der Waals surface area contributed by atoms with Crippen molar-refractivity contribution in [1.82, 2.24) is 20.6 Å². The van der Waals surface area contributed by atoms with Crippen molar-refractivity contribution in [1.29, 1.82) is 0 Å². The summed E-state index contributed by atoms with van der Waals surface area (Å²) in [7, 11) is 3.23. The average Bonchev–Trinajstić information content (AvgIpc) is 4.03. The van der Waals surface area contributed by atoms with Gasteiger partial charge in [-0.2, -0.15) is 0 Å². The van der Waals surface area contributed by atoms with E-state index in [4.69, 9.17) is 9.47 Å². The van der Waals surface area contributed by atoms with E-state index in [0.29, 0.717) is 34.5 Å². The molecule has 2 aromatic carbocycles. The molecule has 11 nitrogen and oxygen atoms in total. The fourth-order valence-electron chi connectivity index (χ4n) is 4.96. The Morgan fingerprint density at radius 3 is 1.87 bits per heavy atom. The van der Waals surface area contributed by atoms with E-state index < -0.39 is 0 Å². The number of aromatic nitrogens is 2. The number of thiophene rings is 2. The van der Waals surface area contributed by atoms with Crippen LogP contribution in [0.1, 0.15) is 25.7 Å². The maximum absolute atomic E-state index is 12.2. The number of amides is 2. The zero-order chi connectivity index (χ0) is 37.0. The third kappa shape index (κ3) is 10.2. The zero-order valence-electron chi connectivity index (χ0n) is 28.5. The van der Waals surface area contributed by atoms with Crippen LogP contribution in [0.3, 0.4) is 0 Å². The molecule has 0 unspecified atom stereocenters. The van der Waals surface area contributed by atoms with Gasteiger partial charge in [0.1, 0.15) is 17.8 Å². The predicted molar refractivity (Wildman–Crippen MR) is 217 cm³/mol. The van der Waals surface area contributed by atoms with Crippen molar-refractivity contribution in [3.8, 4) is 11.5 Å². The first-order valence-corrected chi connectivity index (χ1v) is 19.6. The number of carbonyl (C=O) groups excluding carboxylic acids is 3. The second-order valence-corrected chi connectivity index (χ2v) is 15.1. The SMILES string of the molecule is COc1ccnc2ccc(/C=C3\SC(=NCc4cccs4)NC3=O)cc12.COc1ccnc2ccc(C=O)cc12.O=C1CSC(=NCc2cccs2)N1. The number of nitrogens with zero attached hydrogens (tertiary/aromatic N) is 4. The fourth-order valence-corrected chi connectivity index (χ4v) is 7.72. The van der Waals surface area contributed by atoms with E-state index in [1.807, 2.05) is 71.4 Å². The van der Waals surface area contributed by atoms with Gasteiger partial charge in [0.15, 0.2) is 10.3 Å². The van der Waals surface area contributed by atoms with E-state index in [1.165, 1.54) is 33.3 Å². The maximum atomic E-state index is 12.2. The van der Waals surface area contributed by atoms with Crippen molar-refractivity contribution in [3.63, 3.8) is 0 Å². The lowest BCUT2D eigenvalue weighted by Gasteiger charge is -2.05. The molecule has 2 aliphatic rings. The number of thioether (sulfide) groups is 2. The molecule has 4 aromatic heterocycles. The number of pyridine rings is 2. The Morgan fingerprint density at radius 1 is 0.755 bits per heavy atom. The third-order valence-electron chi connectivity index (χ3n) is 7.48. The minimum atomic E-state index is -0.127. The minimum Gasteiger partial charge on any atom is -0.496 e. The lowest BCUT2D eigenvalue weighted by molar-refractivity contribution is -0.117. The molecule has 0 radical (unpaired) electrons. The lowest BCUT2D eigenvalue weighted by atomic mass is 10.1. The van der Waals surface area contributed by atoms with Crippen LogP contribution in [0, 0.1) is 0 Å². The first kappa shape index (κ1) is 37.4. The molecule has 8 rings (SSSR count). The largest absolute Gasteiger partial charge is 0.496 e. The Kier molecular flexibility index (Phi) is 13.0. The number of amidine groups is 2. The highest BCUT2D eigenvalue weighted by Gasteiger charge is 2.23. The molecule has 0 bridgehead atoms. The first-order valence-electron chi connectivity index (χ1n) is 16.0. The molecule has 2 aliphatic heterocycles. The van der Waals surface area contributed by atoms with E-state index in [1.54, 1.807) is 67.5 Å². The van der Waals surface area contributed by atoms with Gasteiger partial charge in [0.25, 0.3) is 5.91 Å². The van der Waals surface area contributed by atoms with Gasteiger partial charge in [-0.1, -0.05) is 30.0 Å². The summed E-state index contributed by atoms with van der Waals surface area (Å²) in [5.74, 6) is 1.92. The molecule has 0 atom stereocenters. The quantitative estimate of drug-likeness (QED) is 0.118. The number of methoxy groups -OCH3 is 2. The van der Waals surface area contributed by atoms with Crippen LogP contribution in [0.5, 0.6) is 11.5 Å². The molecular weight excluding hydrogens is 749 g/mol. The summed E-state index contributed by atoms with van der Waals surface area (Å²) in [6.07, 6.45) is 6.07. The van der Waals surface area contributed by atoms with Crippen molar-refractivity contribution in [2.24, 2.45) is 9.98 Å². The average molecular weight is 781 g/mol. The minimum absolute atomic E-state index is 0.0509. The molecule has 2 N–H and O–H groups in total. The molecule has 6 aromatic rings. The first-order chi connectivity index (χ1) is 25.9. The Morgan fingerprint density at radius 2 is 1.34 bits per heavy atom. The molecule has 268 valence electrons. The number of fused-ring (bicyclic) bond motifs is 2. The summed E-state index contributed by atoms with van der Waals surface area (Å²) in [5, 5.41) is 12.7. The summed E-state index contributed by atoms with van der Waals surface area (Å²) in [5.41, 5.74) is 3.23. The van der Waals surface area contributed by atoms with Gasteiger partial charge in [0.05, 0.1) is 49.0 Å². The number of ether oxygens (including phenoxy) is 2. The van der Waals surface area contributed by atoms with E-state index in [0.717, 1.165) is 50.3 Å². The Hall–Kier alpha value is -5.35. The smallest absolute Gasteiger partial charge is 0.264 e. The number of hydrogen-bond donors (Lipinski definition) is 2. The van der Waals surface area contributed by atoms with Gasteiger partial charge >= 0.3 is 0 Å². The number of hydrogen-bond acceptors (Lipinski definition) is 13. The van der Waals surface area contributed by atoms with Crippen LogP contribution in [0.4, 0.5) is 0 Å². The number of rotatable bonds is 8. The predicted octanol–water partition coefficient (Wildman–Crippen LogP) is 7.59. The number of benzene rings is 2. The molecule has 0 saturated carbocycles. The fraction of sp³-hybridized carbons (Fsp3) is 0.132. The number of aliphatic imine (C=N–C) groups is 2. The van der Waals surface area contributed by atoms with Crippen LogP contribution in [-0.4, -0.2) is 58.4 Å². The van der Waals surface area contributed by atoms with Crippen molar-refractivity contribution in [2.45, 2.75) is 13.1 Å². The Labute approximate surface area is 321 Å². The molecule has 6 heterocycles. The van der Waals surface area contributed by atoms with Crippen LogP contribution in [0.25, 0.3) is 27.9 Å². The standard InChI is InChI=1S/C19H15N3O2S2.C11H9NO2.C8H8N2OS2/c1-24-16-6-7-20-15-5-4-12(9-14(15)16)10-17-18(23)22-19(26-17)21-11-13-3-2-8-25-13;1-14-11-4-5-12-10-3-2-8(7-13)6-9(10)11;11-7-5-13-8(10-7)9-4-6-2-1-3-12-6/h2-10H,11H2,1H3,(H,21,22,23);2-7H,1H3;1-3H,4-5H2,(H,9,10,11)/b17-10-;;. The van der Waals surface area contributed by atoms with E-state index in [-0.39, 0.29) is 11.8 Å². The maximum Gasteiger partial charge on any atom is 0.264 e. The Balaban J connectivity index is 0.000000150. The van der Waals surface area contributed by atoms with Gasteiger partial charge in [-0.25, -0.2) is 0 Å². The zero-order valence-corrected chi connectivity index (χ0v) is 31.7. The van der Waals surface area contributed by atoms with Crippen molar-refractivity contribution in [2.75, 3.05) is 20.0 Å². The highest BCUT2D eigenvalue weighted by atomic mass is 32.2. The molecule has 0 aliphatic carbocycles. The van der Waals surface area contributed by atoms with Crippen LogP contribution in [0.2, 0.25) is 0 Å². The molecule has 2 saturated heterocycles. The van der Waals surface area contributed by atoms with Crippen LogP contribution >= 0.6 is 46.2 Å². The Bertz CT molecular complexity index is 2320. The molecule has 0 spiro atoms. The van der Waals surface area contributed by atoms with Gasteiger partial charge in [0, 0.05) is 38.5 Å². The number of nitrogens with one attached hydrogen (secondary N) is 2. The normalized spacial score (nSPS) is 15.8. The second-order valence-electron chi connectivity index (χ2n) is 11.0. The van der Waals surface area contributed by atoms with Crippen LogP contribution in [0.15, 0.2) is 111 Å². The lowest BCUT2D eigenvalue weighted by Crippen LogP contribution is -2.20. The molecular formula is C38H32N6O5S4. The summed E-state index contributed by atoms with van der Waals surface area (Å²) in [4.78, 5) is 53.9. The van der Waals surface area contributed by atoms with Gasteiger partial charge in [0.2, 0.25) is 5.91 Å². The summed E-state index contributed by atoms with van der Waals surface area (Å²) in [6, 6.07) is 22.8. The molecule has 2 fully saturated rings. The highest BCUT2D eigenvalue weighted by molar-refractivity contribution is 8.18. The summed E-state index contributed by atoms with van der Waals surface area (Å²) >= 11 is 6.16. The van der Waals surface area contributed by atoms with E-state index >= 15 is 0 Å². The highest BCUT2D eigenvalue weighted by Crippen LogP contribution is 2.30.